The summed E-state index contributed by atoms with van der Waals surface area (Å²) in [5, 5.41) is 15.3. The van der Waals surface area contributed by atoms with Crippen molar-refractivity contribution in [3.05, 3.63) is 231 Å². The molecule has 0 N–H and O–H groups in total. The molecular formula is C64H38N4. The second kappa shape index (κ2) is 13.3. The molecule has 4 heterocycles. The molecule has 16 aromatic rings. The van der Waals surface area contributed by atoms with E-state index in [9.17, 15) is 0 Å². The summed E-state index contributed by atoms with van der Waals surface area (Å²) in [6.07, 6.45) is 0. The predicted octanol–water partition coefficient (Wildman–Crippen LogP) is 16.9. The first-order valence-corrected chi connectivity index (χ1v) is 23.5. The van der Waals surface area contributed by atoms with Crippen molar-refractivity contribution in [1.29, 1.82) is 0 Å². The van der Waals surface area contributed by atoms with E-state index in [4.69, 9.17) is 0 Å². The van der Waals surface area contributed by atoms with Gasteiger partial charge in [-0.3, -0.25) is 0 Å². The number of hydrogen-bond acceptors (Lipinski definition) is 0. The molecule has 0 radical (unpaired) electrons. The van der Waals surface area contributed by atoms with Crippen molar-refractivity contribution in [2.24, 2.45) is 0 Å². The minimum Gasteiger partial charge on any atom is -0.309 e. The smallest absolute Gasteiger partial charge is 0.0553 e. The molecule has 4 nitrogen and oxygen atoms in total. The van der Waals surface area contributed by atoms with Crippen molar-refractivity contribution < 1.29 is 0 Å². The maximum Gasteiger partial charge on any atom is 0.0553 e. The minimum atomic E-state index is 1.14. The summed E-state index contributed by atoms with van der Waals surface area (Å²) < 4.78 is 9.75. The lowest BCUT2D eigenvalue weighted by molar-refractivity contribution is 1.14. The molecule has 0 unspecified atom stereocenters. The average molecular weight is 863 g/mol. The summed E-state index contributed by atoms with van der Waals surface area (Å²) in [5.41, 5.74) is 16.7. The zero-order valence-corrected chi connectivity index (χ0v) is 36.7. The molecule has 0 atom stereocenters. The molecule has 68 heavy (non-hydrogen) atoms. The topological polar surface area (TPSA) is 19.7 Å². The average Bonchev–Trinajstić information content (AvgIpc) is 4.13. The van der Waals surface area contributed by atoms with E-state index >= 15 is 0 Å². The van der Waals surface area contributed by atoms with Crippen molar-refractivity contribution in [3.8, 4) is 33.9 Å². The van der Waals surface area contributed by atoms with E-state index in [1.54, 1.807) is 0 Å². The lowest BCUT2D eigenvalue weighted by Gasteiger charge is -2.13. The van der Waals surface area contributed by atoms with Gasteiger partial charge in [-0.05, 0) is 142 Å². The van der Waals surface area contributed by atoms with Crippen molar-refractivity contribution in [3.63, 3.8) is 0 Å². The second-order valence-corrected chi connectivity index (χ2v) is 18.5. The van der Waals surface area contributed by atoms with E-state index in [0.29, 0.717) is 0 Å². The fraction of sp³-hybridized carbons (Fsp3) is 0. The van der Waals surface area contributed by atoms with Crippen LogP contribution in [0.5, 0.6) is 0 Å². The van der Waals surface area contributed by atoms with Gasteiger partial charge in [-0.2, -0.15) is 0 Å². The molecule has 0 aliphatic rings. The molecule has 0 aliphatic heterocycles. The van der Waals surface area contributed by atoms with Gasteiger partial charge in [0, 0.05) is 65.8 Å². The number of nitrogens with zero attached hydrogens (tertiary/aromatic N) is 4. The van der Waals surface area contributed by atoms with E-state index in [0.717, 1.165) is 22.7 Å². The lowest BCUT2D eigenvalue weighted by Crippen LogP contribution is -1.97. The molecule has 4 aromatic heterocycles. The Hall–Kier alpha value is -9.12. The van der Waals surface area contributed by atoms with Crippen LogP contribution in [0.4, 0.5) is 0 Å². The molecule has 4 heteroatoms. The van der Waals surface area contributed by atoms with Gasteiger partial charge < -0.3 is 18.3 Å². The van der Waals surface area contributed by atoms with E-state index in [2.05, 4.69) is 249 Å². The monoisotopic (exact) mass is 862 g/mol. The van der Waals surface area contributed by atoms with Crippen LogP contribution in [0, 0.1) is 0 Å². The lowest BCUT2D eigenvalue weighted by atomic mass is 9.94. The first-order valence-electron chi connectivity index (χ1n) is 23.5. The maximum atomic E-state index is 2.48. The van der Waals surface area contributed by atoms with Crippen LogP contribution < -0.4 is 0 Å². The highest BCUT2D eigenvalue weighted by molar-refractivity contribution is 6.27. The molecule has 0 bridgehead atoms. The molecule has 0 fully saturated rings. The van der Waals surface area contributed by atoms with Crippen molar-refractivity contribution >= 4 is 109 Å². The molecule has 314 valence electrons. The highest BCUT2D eigenvalue weighted by Crippen LogP contribution is 2.45. The van der Waals surface area contributed by atoms with Gasteiger partial charge in [0.15, 0.2) is 0 Å². The van der Waals surface area contributed by atoms with E-state index in [-0.39, 0.29) is 0 Å². The van der Waals surface area contributed by atoms with Gasteiger partial charge in [-0.15, -0.1) is 0 Å². The molecule has 0 spiro atoms. The first kappa shape index (κ1) is 36.1. The van der Waals surface area contributed by atoms with Crippen LogP contribution >= 0.6 is 0 Å². The fourth-order valence-corrected chi connectivity index (χ4v) is 12.2. The summed E-state index contributed by atoms with van der Waals surface area (Å²) >= 11 is 0. The zero-order valence-electron chi connectivity index (χ0n) is 36.7. The Morgan fingerprint density at radius 3 is 0.824 bits per heavy atom. The number of fused-ring (bicyclic) bond motifs is 6. The van der Waals surface area contributed by atoms with Crippen LogP contribution in [-0.4, -0.2) is 18.3 Å². The summed E-state index contributed by atoms with van der Waals surface area (Å²) in [6, 6.07) is 85.6. The number of rotatable bonds is 5. The summed E-state index contributed by atoms with van der Waals surface area (Å²) in [4.78, 5) is 0. The summed E-state index contributed by atoms with van der Waals surface area (Å²) in [7, 11) is 0. The highest BCUT2D eigenvalue weighted by atomic mass is 15.0. The molecule has 0 amide bonds. The van der Waals surface area contributed by atoms with Gasteiger partial charge >= 0.3 is 0 Å². The van der Waals surface area contributed by atoms with Crippen LogP contribution in [0.15, 0.2) is 231 Å². The van der Waals surface area contributed by atoms with Crippen molar-refractivity contribution in [1.82, 2.24) is 18.3 Å². The summed E-state index contributed by atoms with van der Waals surface area (Å²) in [5.74, 6) is 0. The van der Waals surface area contributed by atoms with Crippen LogP contribution in [0.1, 0.15) is 0 Å². The summed E-state index contributed by atoms with van der Waals surface area (Å²) in [6.45, 7) is 0. The fourth-order valence-electron chi connectivity index (χ4n) is 12.2. The third-order valence-corrected chi connectivity index (χ3v) is 15.0. The maximum absolute atomic E-state index is 2.48. The van der Waals surface area contributed by atoms with E-state index in [1.807, 2.05) is 0 Å². The van der Waals surface area contributed by atoms with Gasteiger partial charge in [0.25, 0.3) is 0 Å². The van der Waals surface area contributed by atoms with Gasteiger partial charge in [0.05, 0.1) is 44.1 Å². The largest absolute Gasteiger partial charge is 0.309 e. The normalized spacial score (nSPS) is 12.4. The Morgan fingerprint density at radius 1 is 0.191 bits per heavy atom. The van der Waals surface area contributed by atoms with Gasteiger partial charge in [-0.1, -0.05) is 121 Å². The van der Waals surface area contributed by atoms with Crippen LogP contribution in [0.25, 0.3) is 143 Å². The third-order valence-electron chi connectivity index (χ3n) is 15.0. The number of aromatic nitrogens is 4. The minimum absolute atomic E-state index is 1.14. The molecule has 12 aromatic carbocycles. The quantitative estimate of drug-likeness (QED) is 0.154. The molecule has 0 saturated heterocycles. The van der Waals surface area contributed by atoms with E-state index < -0.39 is 0 Å². The number of hydrogen-bond donors (Lipinski definition) is 0. The zero-order chi connectivity index (χ0) is 44.2. The number of para-hydroxylation sites is 4. The third kappa shape index (κ3) is 4.77. The van der Waals surface area contributed by atoms with Crippen LogP contribution in [0.3, 0.4) is 0 Å². The Kier molecular flexibility index (Phi) is 7.04. The second-order valence-electron chi connectivity index (χ2n) is 18.5. The van der Waals surface area contributed by atoms with Crippen molar-refractivity contribution in [2.45, 2.75) is 0 Å². The first-order chi connectivity index (χ1) is 33.7. The molecular weight excluding hydrogens is 825 g/mol. The van der Waals surface area contributed by atoms with E-state index in [1.165, 1.54) is 120 Å². The Bertz CT molecular complexity index is 4300. The van der Waals surface area contributed by atoms with Gasteiger partial charge in [0.2, 0.25) is 0 Å². The SMILES string of the molecule is c1ccc2c(c1)c1ccccc1n2-c1ccc(-n2c3cccc4ccc5cc(-c6cc7ccc8cccc9c8c7c(c6)n9-c6ccc(-n7c8ccccc8c8ccccc87)cc6)cc2c5c43)cc1. The molecule has 0 aliphatic carbocycles. The number of benzene rings is 12. The van der Waals surface area contributed by atoms with Crippen LogP contribution in [0.2, 0.25) is 0 Å². The molecule has 16 rings (SSSR count). The van der Waals surface area contributed by atoms with Gasteiger partial charge in [-0.25, -0.2) is 0 Å². The standard InChI is InChI=1S/C64H38N4/c1-5-17-53-49(13-1)50-14-2-6-18-54(50)65(53)45-27-31-47(32-28-45)67-57-21-9-11-39-23-25-41-35-43(37-59(67)63(41)61(39)57)44-36-42-26-24-40-12-10-22-58-62(40)64(42)60(38-44)68(58)48-33-29-46(30-34-48)66-55-19-7-3-15-51(55)52-16-4-8-20-56(52)66/h1-38H. The Morgan fingerprint density at radius 2 is 0.471 bits per heavy atom. The Labute approximate surface area is 389 Å². The predicted molar refractivity (Wildman–Crippen MR) is 287 cm³/mol. The molecule has 0 saturated carbocycles. The van der Waals surface area contributed by atoms with Crippen LogP contribution in [-0.2, 0) is 0 Å². The Balaban J connectivity index is 0.884. The van der Waals surface area contributed by atoms with Gasteiger partial charge in [0.1, 0.15) is 0 Å². The highest BCUT2D eigenvalue weighted by Gasteiger charge is 2.22. The van der Waals surface area contributed by atoms with Crippen molar-refractivity contribution in [2.75, 3.05) is 0 Å².